The van der Waals surface area contributed by atoms with E-state index in [1.807, 2.05) is 0 Å². The second-order valence-electron chi connectivity index (χ2n) is 5.34. The maximum absolute atomic E-state index is 6.40. The molecular weight excluding hydrogens is 224 g/mol. The number of nitrogens with zero attached hydrogens (tertiary/aromatic N) is 1. The van der Waals surface area contributed by atoms with E-state index in [1.165, 1.54) is 11.1 Å². The van der Waals surface area contributed by atoms with Crippen LogP contribution in [0.2, 0.25) is 0 Å². The van der Waals surface area contributed by atoms with Crippen LogP contribution in [0, 0.1) is 6.92 Å². The second kappa shape index (κ2) is 5.83. The molecule has 0 radical (unpaired) electrons. The first-order valence-corrected chi connectivity index (χ1v) is 6.75. The number of hydrogen-bond donors (Lipinski definition) is 1. The molecule has 1 aromatic carbocycles. The summed E-state index contributed by atoms with van der Waals surface area (Å²) >= 11 is 0. The second-order valence-corrected chi connectivity index (χ2v) is 5.34. The summed E-state index contributed by atoms with van der Waals surface area (Å²) in [4.78, 5) is 2.45. The van der Waals surface area contributed by atoms with Crippen LogP contribution in [0.4, 0.5) is 0 Å². The Labute approximate surface area is 110 Å². The van der Waals surface area contributed by atoms with Gasteiger partial charge < -0.3 is 10.5 Å². The third-order valence-corrected chi connectivity index (χ3v) is 3.92. The molecule has 0 aliphatic carbocycles. The van der Waals surface area contributed by atoms with Crippen molar-refractivity contribution in [1.82, 2.24) is 4.90 Å². The topological polar surface area (TPSA) is 38.5 Å². The first-order valence-electron chi connectivity index (χ1n) is 6.75. The van der Waals surface area contributed by atoms with Crippen LogP contribution in [0.5, 0.6) is 0 Å². The van der Waals surface area contributed by atoms with E-state index in [4.69, 9.17) is 10.5 Å². The van der Waals surface area contributed by atoms with Gasteiger partial charge in [-0.2, -0.15) is 0 Å². The lowest BCUT2D eigenvalue weighted by atomic mass is 9.98. The average molecular weight is 248 g/mol. The molecule has 0 amide bonds. The number of nitrogens with two attached hydrogens (primary N) is 1. The Hall–Kier alpha value is -0.900. The number of morpholine rings is 1. The van der Waals surface area contributed by atoms with Gasteiger partial charge in [0.1, 0.15) is 0 Å². The fourth-order valence-corrected chi connectivity index (χ4v) is 2.62. The molecule has 1 aliphatic rings. The summed E-state index contributed by atoms with van der Waals surface area (Å²) in [5.74, 6) is 0. The van der Waals surface area contributed by atoms with Gasteiger partial charge in [0.2, 0.25) is 0 Å². The molecule has 2 N–H and O–H groups in total. The van der Waals surface area contributed by atoms with Gasteiger partial charge in [0.15, 0.2) is 0 Å². The molecule has 1 heterocycles. The summed E-state index contributed by atoms with van der Waals surface area (Å²) in [6.07, 6.45) is 0. The van der Waals surface area contributed by atoms with Gasteiger partial charge in [0.05, 0.1) is 13.2 Å². The SMILES string of the molecule is Cc1ccc(C(N)C(C)N2CCOCC2C)cc1. The average Bonchev–Trinajstić information content (AvgIpc) is 2.38. The minimum atomic E-state index is 0.0612. The van der Waals surface area contributed by atoms with Crippen LogP contribution in [-0.4, -0.2) is 36.7 Å². The van der Waals surface area contributed by atoms with Crippen LogP contribution >= 0.6 is 0 Å². The summed E-state index contributed by atoms with van der Waals surface area (Å²) < 4.78 is 5.48. The molecule has 18 heavy (non-hydrogen) atoms. The van der Waals surface area contributed by atoms with Crippen molar-refractivity contribution in [2.24, 2.45) is 5.73 Å². The zero-order valence-corrected chi connectivity index (χ0v) is 11.6. The predicted octanol–water partition coefficient (Wildman–Crippen LogP) is 2.10. The highest BCUT2D eigenvalue weighted by Crippen LogP contribution is 2.22. The number of ether oxygens (including phenoxy) is 1. The summed E-state index contributed by atoms with van der Waals surface area (Å²) in [6, 6.07) is 9.39. The highest BCUT2D eigenvalue weighted by molar-refractivity contribution is 5.24. The molecule has 1 aliphatic heterocycles. The zero-order chi connectivity index (χ0) is 13.1. The lowest BCUT2D eigenvalue weighted by Gasteiger charge is -2.40. The van der Waals surface area contributed by atoms with Crippen molar-refractivity contribution in [2.45, 2.75) is 38.9 Å². The van der Waals surface area contributed by atoms with Gasteiger partial charge in [-0.05, 0) is 26.3 Å². The van der Waals surface area contributed by atoms with Gasteiger partial charge in [-0.15, -0.1) is 0 Å². The van der Waals surface area contributed by atoms with Crippen molar-refractivity contribution < 1.29 is 4.74 Å². The molecule has 3 unspecified atom stereocenters. The summed E-state index contributed by atoms with van der Waals surface area (Å²) in [7, 11) is 0. The molecule has 3 nitrogen and oxygen atoms in total. The standard InChI is InChI=1S/C15H24N2O/c1-11-4-6-14(7-5-11)15(16)13(3)17-8-9-18-10-12(17)2/h4-7,12-13,15H,8-10,16H2,1-3H3. The fraction of sp³-hybridized carbons (Fsp3) is 0.600. The van der Waals surface area contributed by atoms with Crippen molar-refractivity contribution in [3.63, 3.8) is 0 Å². The summed E-state index contributed by atoms with van der Waals surface area (Å²) in [6.45, 7) is 9.12. The predicted molar refractivity (Wildman–Crippen MR) is 74.6 cm³/mol. The van der Waals surface area contributed by atoms with E-state index in [0.29, 0.717) is 12.1 Å². The van der Waals surface area contributed by atoms with Gasteiger partial charge in [-0.25, -0.2) is 0 Å². The number of rotatable bonds is 3. The van der Waals surface area contributed by atoms with E-state index in [2.05, 4.69) is 49.9 Å². The molecule has 2 rings (SSSR count). The van der Waals surface area contributed by atoms with Gasteiger partial charge in [0.25, 0.3) is 0 Å². The Bertz CT molecular complexity index is 377. The van der Waals surface area contributed by atoms with E-state index in [9.17, 15) is 0 Å². The van der Waals surface area contributed by atoms with Crippen LogP contribution in [0.15, 0.2) is 24.3 Å². The van der Waals surface area contributed by atoms with Crippen molar-refractivity contribution in [3.8, 4) is 0 Å². The molecule has 3 heteroatoms. The van der Waals surface area contributed by atoms with E-state index in [0.717, 1.165) is 19.8 Å². The van der Waals surface area contributed by atoms with Gasteiger partial charge >= 0.3 is 0 Å². The molecule has 1 fully saturated rings. The van der Waals surface area contributed by atoms with E-state index >= 15 is 0 Å². The number of hydrogen-bond acceptors (Lipinski definition) is 3. The number of aryl methyl sites for hydroxylation is 1. The normalized spacial score (nSPS) is 24.8. The quantitative estimate of drug-likeness (QED) is 0.890. The molecule has 0 spiro atoms. The molecule has 0 saturated carbocycles. The van der Waals surface area contributed by atoms with Gasteiger partial charge in [0, 0.05) is 24.7 Å². The van der Waals surface area contributed by atoms with Crippen molar-refractivity contribution in [2.75, 3.05) is 19.8 Å². The Kier molecular flexibility index (Phi) is 4.38. The zero-order valence-electron chi connectivity index (χ0n) is 11.6. The Morgan fingerprint density at radius 1 is 1.33 bits per heavy atom. The molecule has 1 aromatic rings. The lowest BCUT2D eigenvalue weighted by Crippen LogP contribution is -2.51. The largest absolute Gasteiger partial charge is 0.379 e. The Morgan fingerprint density at radius 3 is 2.61 bits per heavy atom. The van der Waals surface area contributed by atoms with Crippen molar-refractivity contribution in [1.29, 1.82) is 0 Å². The van der Waals surface area contributed by atoms with Crippen LogP contribution in [0.25, 0.3) is 0 Å². The maximum Gasteiger partial charge on any atom is 0.0619 e. The maximum atomic E-state index is 6.40. The minimum absolute atomic E-state index is 0.0612. The van der Waals surface area contributed by atoms with Crippen LogP contribution in [0.3, 0.4) is 0 Å². The van der Waals surface area contributed by atoms with Crippen molar-refractivity contribution >= 4 is 0 Å². The minimum Gasteiger partial charge on any atom is -0.379 e. The highest BCUT2D eigenvalue weighted by atomic mass is 16.5. The van der Waals surface area contributed by atoms with Gasteiger partial charge in [-0.3, -0.25) is 4.90 Å². The molecule has 100 valence electrons. The molecular formula is C15H24N2O. The lowest BCUT2D eigenvalue weighted by molar-refractivity contribution is -0.0233. The van der Waals surface area contributed by atoms with E-state index < -0.39 is 0 Å². The highest BCUT2D eigenvalue weighted by Gasteiger charge is 2.28. The van der Waals surface area contributed by atoms with E-state index in [1.54, 1.807) is 0 Å². The first kappa shape index (κ1) is 13.5. The third-order valence-electron chi connectivity index (χ3n) is 3.92. The smallest absolute Gasteiger partial charge is 0.0619 e. The van der Waals surface area contributed by atoms with E-state index in [-0.39, 0.29) is 6.04 Å². The molecule has 3 atom stereocenters. The summed E-state index contributed by atoms with van der Waals surface area (Å²) in [5, 5.41) is 0. The number of benzene rings is 1. The van der Waals surface area contributed by atoms with Crippen LogP contribution in [-0.2, 0) is 4.74 Å². The molecule has 0 aromatic heterocycles. The fourth-order valence-electron chi connectivity index (χ4n) is 2.62. The van der Waals surface area contributed by atoms with Crippen LogP contribution in [0.1, 0.15) is 31.0 Å². The van der Waals surface area contributed by atoms with Crippen molar-refractivity contribution in [3.05, 3.63) is 35.4 Å². The summed E-state index contributed by atoms with van der Waals surface area (Å²) in [5.41, 5.74) is 8.89. The van der Waals surface area contributed by atoms with Crippen LogP contribution < -0.4 is 5.73 Å². The third kappa shape index (κ3) is 2.91. The molecule has 1 saturated heterocycles. The Morgan fingerprint density at radius 2 is 2.00 bits per heavy atom. The molecule has 0 bridgehead atoms. The first-order chi connectivity index (χ1) is 8.59. The monoisotopic (exact) mass is 248 g/mol. The Balaban J connectivity index is 2.07. The van der Waals surface area contributed by atoms with Gasteiger partial charge in [-0.1, -0.05) is 29.8 Å².